The molecule has 4 bridgehead atoms. The number of ether oxygens (including phenoxy) is 3. The number of carbonyl (C=O) groups excluding carboxylic acids is 4. The Bertz CT molecular complexity index is 1300. The average Bonchev–Trinajstić information content (AvgIpc) is 3.19. The maximum Gasteiger partial charge on any atom is 0.342 e. The highest BCUT2D eigenvalue weighted by Gasteiger charge is 2.92. The van der Waals surface area contributed by atoms with Gasteiger partial charge in [-0.15, -0.1) is 0 Å². The highest BCUT2D eigenvalue weighted by Crippen LogP contribution is 2.73. The second-order valence-corrected chi connectivity index (χ2v) is 13.1. The summed E-state index contributed by atoms with van der Waals surface area (Å²) in [5.74, 6) is -9.49. The molecule has 3 N–H and O–H groups in total. The normalized spacial score (nSPS) is 58.1. The molecule has 0 aromatic carbocycles. The minimum Gasteiger partial charge on any atom is -0.458 e. The molecule has 0 aromatic rings. The van der Waals surface area contributed by atoms with Crippen molar-refractivity contribution in [2.24, 2.45) is 34.5 Å². The summed E-state index contributed by atoms with van der Waals surface area (Å²) < 4.78 is 18.0. The first kappa shape index (κ1) is 24.6. The van der Waals surface area contributed by atoms with Crippen LogP contribution in [0.5, 0.6) is 0 Å². The van der Waals surface area contributed by atoms with E-state index in [4.69, 9.17) is 14.2 Å². The minimum absolute atomic E-state index is 0.0287. The molecule has 0 unspecified atom stereocenters. The molecule has 4 saturated heterocycles. The summed E-state index contributed by atoms with van der Waals surface area (Å²) in [5, 5.41) is 36.1. The Morgan fingerprint density at radius 1 is 1.08 bits per heavy atom. The number of Topliss-reactive ketones (excluding diaryl/α,β-unsaturated/α-hetero) is 2. The summed E-state index contributed by atoms with van der Waals surface area (Å²) in [7, 11) is 0. The lowest BCUT2D eigenvalue weighted by atomic mass is 9.46. The van der Waals surface area contributed by atoms with Crippen LogP contribution in [0.3, 0.4) is 0 Å². The fourth-order valence-electron chi connectivity index (χ4n) is 9.48. The van der Waals surface area contributed by atoms with Crippen molar-refractivity contribution >= 4 is 23.5 Å². The number of hydrogen-bond donors (Lipinski definition) is 3. The van der Waals surface area contributed by atoms with Gasteiger partial charge in [0.1, 0.15) is 11.9 Å². The molecule has 0 aromatic heterocycles. The molecule has 38 heavy (non-hydrogen) atoms. The summed E-state index contributed by atoms with van der Waals surface area (Å²) in [6, 6.07) is 0. The van der Waals surface area contributed by atoms with E-state index in [1.54, 1.807) is 32.9 Å². The van der Waals surface area contributed by atoms with Crippen molar-refractivity contribution in [1.29, 1.82) is 0 Å². The number of allylic oxidation sites excluding steroid dienone is 3. The predicted molar refractivity (Wildman–Crippen MR) is 126 cm³/mol. The number of aliphatic hydroxyl groups excluding tert-OH is 1. The van der Waals surface area contributed by atoms with Gasteiger partial charge in [-0.05, 0) is 50.0 Å². The maximum absolute atomic E-state index is 14.6. The third-order valence-corrected chi connectivity index (χ3v) is 11.8. The number of fused-ring (bicyclic) bond motifs is 9. The topological polar surface area (TPSA) is 157 Å². The van der Waals surface area contributed by atoms with Crippen LogP contribution >= 0.6 is 0 Å². The smallest absolute Gasteiger partial charge is 0.342 e. The quantitative estimate of drug-likeness (QED) is 0.379. The first-order valence-electron chi connectivity index (χ1n) is 13.4. The molecular weight excluding hydrogens is 496 g/mol. The van der Waals surface area contributed by atoms with Crippen LogP contribution in [0.15, 0.2) is 23.8 Å². The minimum atomic E-state index is -2.67. The third-order valence-electron chi connectivity index (χ3n) is 11.8. The molecule has 0 amide bonds. The summed E-state index contributed by atoms with van der Waals surface area (Å²) in [4.78, 5) is 54.6. The van der Waals surface area contributed by atoms with E-state index < -0.39 is 87.0 Å². The first-order chi connectivity index (χ1) is 17.6. The van der Waals surface area contributed by atoms with Crippen LogP contribution in [0.2, 0.25) is 0 Å². The standard InChI is InChI=1S/C28H32O10/c1-12-21(32)36-17-11-23(12,2)19-20(31)27(35)18-14(24(3)13(10-15(18)29)6-5-7-16(24)30)8-9-26(34)22(33)37-25(17,4)28(19,26)38-27/h5-6,10,12,14-15,17-19,29,34-35H,7-9,11H2,1-4H3/t12-,14+,15-,17-,18+,19-,23-,24+,25+,26+,27+,28-/m1/s1. The fraction of sp³-hybridized carbons (Fsp3) is 0.714. The van der Waals surface area contributed by atoms with Gasteiger partial charge in [0.25, 0.3) is 0 Å². The van der Waals surface area contributed by atoms with Gasteiger partial charge in [-0.2, -0.15) is 0 Å². The van der Waals surface area contributed by atoms with E-state index in [0.29, 0.717) is 5.57 Å². The molecule has 1 spiro atoms. The van der Waals surface area contributed by atoms with Gasteiger partial charge in [0.15, 0.2) is 22.6 Å². The van der Waals surface area contributed by atoms with Crippen LogP contribution in [-0.2, 0) is 33.4 Å². The van der Waals surface area contributed by atoms with E-state index in [1.165, 1.54) is 13.0 Å². The van der Waals surface area contributed by atoms with Gasteiger partial charge in [0.2, 0.25) is 5.79 Å². The second-order valence-electron chi connectivity index (χ2n) is 13.1. The van der Waals surface area contributed by atoms with E-state index >= 15 is 0 Å². The number of aliphatic hydroxyl groups is 3. The van der Waals surface area contributed by atoms with Gasteiger partial charge in [-0.25, -0.2) is 4.79 Å². The van der Waals surface area contributed by atoms with Crippen molar-refractivity contribution in [3.05, 3.63) is 23.8 Å². The molecular formula is C28H32O10. The highest BCUT2D eigenvalue weighted by molar-refractivity contribution is 5.99. The van der Waals surface area contributed by atoms with Crippen molar-refractivity contribution in [3.8, 4) is 0 Å². The zero-order valence-corrected chi connectivity index (χ0v) is 21.7. The Morgan fingerprint density at radius 2 is 1.79 bits per heavy atom. The summed E-state index contributed by atoms with van der Waals surface area (Å²) in [6.07, 6.45) is 2.64. The number of rotatable bonds is 0. The van der Waals surface area contributed by atoms with Crippen LogP contribution < -0.4 is 0 Å². The van der Waals surface area contributed by atoms with Crippen molar-refractivity contribution in [1.82, 2.24) is 0 Å². The molecule has 0 radical (unpaired) electrons. The molecule has 7 rings (SSSR count). The Hall–Kier alpha value is -2.40. The fourth-order valence-corrected chi connectivity index (χ4v) is 9.48. The molecule has 204 valence electrons. The van der Waals surface area contributed by atoms with E-state index in [1.807, 2.05) is 0 Å². The second kappa shape index (κ2) is 6.66. The summed E-state index contributed by atoms with van der Waals surface area (Å²) in [6.45, 7) is 6.53. The lowest BCUT2D eigenvalue weighted by Crippen LogP contribution is -2.78. The summed E-state index contributed by atoms with van der Waals surface area (Å²) >= 11 is 0. The number of carbonyl (C=O) groups is 4. The van der Waals surface area contributed by atoms with Gasteiger partial charge < -0.3 is 29.5 Å². The molecule has 12 atom stereocenters. The van der Waals surface area contributed by atoms with E-state index in [2.05, 4.69) is 0 Å². The van der Waals surface area contributed by atoms with Gasteiger partial charge >= 0.3 is 11.9 Å². The van der Waals surface area contributed by atoms with Crippen LogP contribution in [0.1, 0.15) is 53.4 Å². The number of esters is 2. The highest BCUT2D eigenvalue weighted by atomic mass is 16.7. The van der Waals surface area contributed by atoms with E-state index in [-0.39, 0.29) is 31.5 Å². The monoisotopic (exact) mass is 528 g/mol. The Balaban J connectivity index is 1.52. The molecule has 1 saturated carbocycles. The van der Waals surface area contributed by atoms with E-state index in [0.717, 1.165) is 0 Å². The summed E-state index contributed by atoms with van der Waals surface area (Å²) in [5.41, 5.74) is -8.02. The molecule has 7 aliphatic rings. The van der Waals surface area contributed by atoms with Gasteiger partial charge in [-0.1, -0.05) is 32.1 Å². The Kier molecular flexibility index (Phi) is 4.31. The largest absolute Gasteiger partial charge is 0.458 e. The lowest BCUT2D eigenvalue weighted by molar-refractivity contribution is -0.350. The van der Waals surface area contributed by atoms with Crippen molar-refractivity contribution in [2.75, 3.05) is 0 Å². The van der Waals surface area contributed by atoms with E-state index in [9.17, 15) is 34.5 Å². The zero-order chi connectivity index (χ0) is 27.4. The molecule has 10 heteroatoms. The van der Waals surface area contributed by atoms with Crippen molar-refractivity contribution in [2.45, 2.75) is 88.2 Å². The Labute approximate surface area is 219 Å². The lowest BCUT2D eigenvalue weighted by Gasteiger charge is -2.61. The maximum atomic E-state index is 14.6. The Morgan fingerprint density at radius 3 is 2.50 bits per heavy atom. The average molecular weight is 529 g/mol. The predicted octanol–water partition coefficient (Wildman–Crippen LogP) is 0.510. The van der Waals surface area contributed by atoms with Crippen LogP contribution in [0.25, 0.3) is 0 Å². The van der Waals surface area contributed by atoms with Crippen molar-refractivity contribution < 1.29 is 48.7 Å². The van der Waals surface area contributed by atoms with Gasteiger partial charge in [0.05, 0.1) is 29.3 Å². The first-order valence-corrected chi connectivity index (χ1v) is 13.4. The number of ketones is 2. The molecule has 4 aliphatic heterocycles. The van der Waals surface area contributed by atoms with Crippen LogP contribution in [0.4, 0.5) is 0 Å². The molecule has 10 nitrogen and oxygen atoms in total. The SMILES string of the molecule is C[C@@H]1C(=O)O[C@@H]2C[C@@]1(C)[C@H]1C(=O)[C@@]3(O)O[C@@]14[C@@]2(C)OC(=O)[C@@]4(O)CC[C@H]1[C@H]3[C@H](O)C=C2C=CCC(=O)[C@@]21C. The third kappa shape index (κ3) is 2.19. The molecule has 4 heterocycles. The van der Waals surface area contributed by atoms with Crippen molar-refractivity contribution in [3.63, 3.8) is 0 Å². The van der Waals surface area contributed by atoms with Crippen LogP contribution in [0, 0.1) is 34.5 Å². The van der Waals surface area contributed by atoms with Gasteiger partial charge in [0, 0.05) is 6.42 Å². The van der Waals surface area contributed by atoms with Crippen LogP contribution in [-0.4, -0.2) is 73.6 Å². The number of hydrogen-bond acceptors (Lipinski definition) is 10. The molecule has 3 aliphatic carbocycles. The molecule has 5 fully saturated rings. The zero-order valence-electron chi connectivity index (χ0n) is 21.7. The van der Waals surface area contributed by atoms with Gasteiger partial charge in [-0.3, -0.25) is 14.4 Å².